The van der Waals surface area contributed by atoms with Gasteiger partial charge in [0.1, 0.15) is 18.3 Å². The third-order valence-electron chi connectivity index (χ3n) is 6.62. The molecule has 0 amide bonds. The van der Waals surface area contributed by atoms with Gasteiger partial charge in [0.2, 0.25) is 5.82 Å². The first kappa shape index (κ1) is 34.6. The van der Waals surface area contributed by atoms with Crippen molar-refractivity contribution in [3.05, 3.63) is 80.3 Å². The van der Waals surface area contributed by atoms with Crippen LogP contribution in [-0.4, -0.2) is 35.4 Å². The molecule has 0 unspecified atom stereocenters. The monoisotopic (exact) mass is 650 g/mol. The number of ether oxygens (including phenoxy) is 2. The minimum Gasteiger partial charge on any atom is -0.484 e. The zero-order valence-corrected chi connectivity index (χ0v) is 28.2. The molecule has 0 saturated heterocycles. The molecule has 11 nitrogen and oxygen atoms in total. The van der Waals surface area contributed by atoms with E-state index in [1.807, 2.05) is 45.0 Å². The summed E-state index contributed by atoms with van der Waals surface area (Å²) in [5.41, 5.74) is 1.55. The van der Waals surface area contributed by atoms with Gasteiger partial charge in [0.15, 0.2) is 17.8 Å². The molecule has 3 aromatic heterocycles. The van der Waals surface area contributed by atoms with Gasteiger partial charge >= 0.3 is 5.69 Å². The molecule has 12 heteroatoms. The molecule has 0 aliphatic heterocycles. The third kappa shape index (κ3) is 8.32. The second-order valence-corrected chi connectivity index (χ2v) is 12.0. The molecule has 0 fully saturated rings. The van der Waals surface area contributed by atoms with Crippen molar-refractivity contribution >= 4 is 22.8 Å². The van der Waals surface area contributed by atoms with E-state index in [1.54, 1.807) is 33.4 Å². The molecule has 46 heavy (non-hydrogen) atoms. The predicted octanol–water partition coefficient (Wildman–Crippen LogP) is 7.18. The van der Waals surface area contributed by atoms with Crippen molar-refractivity contribution < 1.29 is 14.0 Å². The van der Waals surface area contributed by atoms with Gasteiger partial charge in [0, 0.05) is 35.8 Å². The zero-order chi connectivity index (χ0) is 33.2. The quantitative estimate of drug-likeness (QED) is 0.123. The van der Waals surface area contributed by atoms with Gasteiger partial charge in [-0.15, -0.1) is 0 Å². The Balaban J connectivity index is 0.00000113. The predicted molar refractivity (Wildman–Crippen MR) is 180 cm³/mol. The molecule has 0 atom stereocenters. The van der Waals surface area contributed by atoms with Crippen LogP contribution in [0.1, 0.15) is 66.7 Å². The van der Waals surface area contributed by atoms with E-state index in [1.165, 1.54) is 4.57 Å². The van der Waals surface area contributed by atoms with Gasteiger partial charge in [-0.2, -0.15) is 4.98 Å². The summed E-state index contributed by atoms with van der Waals surface area (Å²) in [6.07, 6.45) is 2.21. The van der Waals surface area contributed by atoms with Gasteiger partial charge in [-0.25, -0.2) is 9.78 Å². The maximum absolute atomic E-state index is 13.6. The largest absolute Gasteiger partial charge is 0.484 e. The fourth-order valence-electron chi connectivity index (χ4n) is 4.66. The molecule has 5 rings (SSSR count). The average Bonchev–Trinajstić information content (AvgIpc) is 3.66. The molecule has 5 aromatic rings. The van der Waals surface area contributed by atoms with E-state index in [0.717, 1.165) is 29.9 Å². The first-order valence-electron chi connectivity index (χ1n) is 15.8. The van der Waals surface area contributed by atoms with Crippen molar-refractivity contribution in [1.29, 1.82) is 0 Å². The van der Waals surface area contributed by atoms with Gasteiger partial charge < -0.3 is 14.0 Å². The molecule has 0 saturated carbocycles. The van der Waals surface area contributed by atoms with Gasteiger partial charge in [-0.05, 0) is 73.7 Å². The highest BCUT2D eigenvalue weighted by molar-refractivity contribution is 6.30. The van der Waals surface area contributed by atoms with Gasteiger partial charge in [0.25, 0.3) is 11.4 Å². The molecule has 0 spiro atoms. The lowest BCUT2D eigenvalue weighted by Gasteiger charge is -2.12. The number of fused-ring (bicyclic) bond motifs is 1. The lowest BCUT2D eigenvalue weighted by Crippen LogP contribution is -2.40. The molecule has 0 bridgehead atoms. The van der Waals surface area contributed by atoms with Crippen LogP contribution in [0.5, 0.6) is 5.75 Å². The summed E-state index contributed by atoms with van der Waals surface area (Å²) in [6.45, 7) is 14.0. The molecule has 2 aromatic carbocycles. The molecule has 0 aliphatic carbocycles. The second kappa shape index (κ2) is 16.4. The van der Waals surface area contributed by atoms with Crippen molar-refractivity contribution in [3.8, 4) is 28.5 Å². The fraction of sp³-hybridized carbons (Fsp3) is 0.441. The Hall–Kier alpha value is -4.22. The Morgan fingerprint density at radius 3 is 2.09 bits per heavy atom. The Bertz CT molecular complexity index is 1820. The first-order valence-corrected chi connectivity index (χ1v) is 16.2. The van der Waals surface area contributed by atoms with Crippen molar-refractivity contribution in [3.63, 3.8) is 0 Å². The lowest BCUT2D eigenvalue weighted by atomic mass is 10.2. The van der Waals surface area contributed by atoms with E-state index in [2.05, 4.69) is 30.9 Å². The van der Waals surface area contributed by atoms with Gasteiger partial charge in [0.05, 0.1) is 0 Å². The Morgan fingerprint density at radius 1 is 0.826 bits per heavy atom. The lowest BCUT2D eigenvalue weighted by molar-refractivity contribution is 0.0809. The van der Waals surface area contributed by atoms with Crippen LogP contribution in [0.25, 0.3) is 33.9 Å². The van der Waals surface area contributed by atoms with Crippen molar-refractivity contribution in [1.82, 2.24) is 28.8 Å². The summed E-state index contributed by atoms with van der Waals surface area (Å²) >= 11 is 5.96. The van der Waals surface area contributed by atoms with E-state index in [-0.39, 0.29) is 24.6 Å². The van der Waals surface area contributed by atoms with E-state index in [0.29, 0.717) is 65.6 Å². The number of aryl methyl sites for hydroxylation is 1. The van der Waals surface area contributed by atoms with E-state index >= 15 is 0 Å². The van der Waals surface area contributed by atoms with Crippen LogP contribution in [0.2, 0.25) is 5.02 Å². The van der Waals surface area contributed by atoms with Crippen molar-refractivity contribution in [2.45, 2.75) is 87.2 Å². The minimum atomic E-state index is -0.361. The number of aromatic nitrogens is 6. The highest BCUT2D eigenvalue weighted by Crippen LogP contribution is 2.26. The van der Waals surface area contributed by atoms with E-state index < -0.39 is 0 Å². The molecule has 0 N–H and O–H groups in total. The molecular weight excluding hydrogens is 608 g/mol. The van der Waals surface area contributed by atoms with Crippen LogP contribution in [0.3, 0.4) is 0 Å². The summed E-state index contributed by atoms with van der Waals surface area (Å²) in [5.74, 6) is 2.73. The highest BCUT2D eigenvalue weighted by Gasteiger charge is 2.22. The van der Waals surface area contributed by atoms with Crippen LogP contribution >= 0.6 is 11.6 Å². The smallest absolute Gasteiger partial charge is 0.332 e. The number of hydrogen-bond acceptors (Lipinski definition) is 8. The standard InChI is InChI=1S/C30H33ClN6O5.C4H10/c1-4-15-35-28-25(29(38)36(16-5-2)30(35)39)37(19-40-17-6-3)27(33-28)21-9-13-23(14-10-21)41-18-24-32-26(34-42-24)20-7-11-22(31)12-8-20;1-4(2)3/h7-14H,4-6,15-19H2,1-3H3;4H,1-3H3. The minimum absolute atomic E-state index is 0.0869. The molecule has 0 aliphatic rings. The number of hydrogen-bond donors (Lipinski definition) is 0. The summed E-state index contributed by atoms with van der Waals surface area (Å²) in [5, 5.41) is 4.64. The number of imidazole rings is 1. The Labute approximate surface area is 273 Å². The second-order valence-electron chi connectivity index (χ2n) is 11.5. The first-order chi connectivity index (χ1) is 22.2. The maximum atomic E-state index is 13.6. The Morgan fingerprint density at radius 2 is 1.46 bits per heavy atom. The number of halogens is 1. The van der Waals surface area contributed by atoms with Crippen molar-refractivity contribution in [2.75, 3.05) is 6.61 Å². The van der Waals surface area contributed by atoms with Crippen LogP contribution < -0.4 is 16.0 Å². The van der Waals surface area contributed by atoms with E-state index in [4.69, 9.17) is 30.6 Å². The summed E-state index contributed by atoms with van der Waals surface area (Å²) < 4.78 is 21.7. The number of nitrogens with zero attached hydrogens (tertiary/aromatic N) is 6. The summed E-state index contributed by atoms with van der Waals surface area (Å²) in [6, 6.07) is 14.5. The van der Waals surface area contributed by atoms with Crippen LogP contribution in [0.15, 0.2) is 62.6 Å². The molecular formula is C34H43ClN6O5. The normalized spacial score (nSPS) is 11.2. The SMILES string of the molecule is CC(C)C.CCCOCn1c(-c2ccc(OCc3nc(-c4ccc(Cl)cc4)no3)cc2)nc2c1c(=O)n(CCC)c(=O)n2CCC. The van der Waals surface area contributed by atoms with E-state index in [9.17, 15) is 9.59 Å². The third-order valence-corrected chi connectivity index (χ3v) is 6.87. The molecule has 3 heterocycles. The number of benzene rings is 2. The topological polar surface area (TPSA) is 119 Å². The summed E-state index contributed by atoms with van der Waals surface area (Å²) in [4.78, 5) is 36.0. The zero-order valence-electron chi connectivity index (χ0n) is 27.5. The summed E-state index contributed by atoms with van der Waals surface area (Å²) in [7, 11) is 0. The van der Waals surface area contributed by atoms with Gasteiger partial charge in [-0.1, -0.05) is 58.3 Å². The van der Waals surface area contributed by atoms with Crippen LogP contribution in [0, 0.1) is 5.92 Å². The highest BCUT2D eigenvalue weighted by atomic mass is 35.5. The number of rotatable bonds is 13. The molecule has 0 radical (unpaired) electrons. The maximum Gasteiger partial charge on any atom is 0.332 e. The fourth-order valence-corrected chi connectivity index (χ4v) is 4.78. The van der Waals surface area contributed by atoms with Crippen LogP contribution in [-0.2, 0) is 31.2 Å². The molecule has 246 valence electrons. The van der Waals surface area contributed by atoms with Gasteiger partial charge in [-0.3, -0.25) is 18.5 Å². The van der Waals surface area contributed by atoms with Crippen LogP contribution in [0.4, 0.5) is 0 Å². The average molecular weight is 651 g/mol. The Kier molecular flexibility index (Phi) is 12.3. The van der Waals surface area contributed by atoms with Crippen molar-refractivity contribution in [2.24, 2.45) is 5.92 Å².